The summed E-state index contributed by atoms with van der Waals surface area (Å²) in [5, 5.41) is 0. The molecule has 1 aromatic carbocycles. The first-order valence-electron chi connectivity index (χ1n) is 5.31. The van der Waals surface area contributed by atoms with Gasteiger partial charge in [-0.1, -0.05) is 23.7 Å². The Labute approximate surface area is 116 Å². The number of benzene rings is 1. The lowest BCUT2D eigenvalue weighted by Crippen LogP contribution is -2.08. The highest BCUT2D eigenvalue weighted by Gasteiger charge is 2.30. The minimum Gasteiger partial charge on any atom is -0.294 e. The van der Waals surface area contributed by atoms with Gasteiger partial charge in [0.15, 0.2) is 5.78 Å². The van der Waals surface area contributed by atoms with Crippen molar-refractivity contribution in [2.24, 2.45) is 0 Å². The van der Waals surface area contributed by atoms with Crippen LogP contribution in [0, 0.1) is 0 Å². The van der Waals surface area contributed by atoms with E-state index in [9.17, 15) is 18.0 Å². The number of rotatable bonds is 3. The predicted octanol–water partition coefficient (Wildman–Crippen LogP) is 4.85. The van der Waals surface area contributed by atoms with E-state index in [1.165, 1.54) is 23.5 Å². The van der Waals surface area contributed by atoms with Gasteiger partial charge in [0.2, 0.25) is 0 Å². The van der Waals surface area contributed by atoms with Gasteiger partial charge in [-0.3, -0.25) is 4.79 Å². The molecule has 0 aliphatic heterocycles. The van der Waals surface area contributed by atoms with Crippen LogP contribution in [0.25, 0.3) is 0 Å². The van der Waals surface area contributed by atoms with E-state index in [-0.39, 0.29) is 17.8 Å². The first-order chi connectivity index (χ1) is 8.86. The van der Waals surface area contributed by atoms with Crippen molar-refractivity contribution in [2.75, 3.05) is 0 Å². The third kappa shape index (κ3) is 3.58. The molecule has 0 N–H and O–H groups in total. The zero-order chi connectivity index (χ0) is 14.0. The van der Waals surface area contributed by atoms with Gasteiger partial charge in [0.1, 0.15) is 0 Å². The third-order valence-corrected chi connectivity index (χ3v) is 3.71. The summed E-state index contributed by atoms with van der Waals surface area (Å²) in [5.41, 5.74) is -0.762. The molecule has 0 saturated carbocycles. The zero-order valence-corrected chi connectivity index (χ0v) is 11.1. The van der Waals surface area contributed by atoms with Crippen LogP contribution in [0.2, 0.25) is 4.34 Å². The Balaban J connectivity index is 2.20. The fourth-order valence-electron chi connectivity index (χ4n) is 1.58. The second kappa shape index (κ2) is 5.35. The van der Waals surface area contributed by atoms with Crippen molar-refractivity contribution in [2.45, 2.75) is 12.6 Å². The molecule has 0 spiro atoms. The molecule has 19 heavy (non-hydrogen) atoms. The number of hydrogen-bond donors (Lipinski definition) is 0. The van der Waals surface area contributed by atoms with Gasteiger partial charge in [-0.15, -0.1) is 11.3 Å². The van der Waals surface area contributed by atoms with E-state index in [1.54, 1.807) is 12.1 Å². The Morgan fingerprint density at radius 3 is 2.53 bits per heavy atom. The SMILES string of the molecule is O=C(Cc1ccc(Cl)s1)c1cccc(C(F)(F)F)c1. The van der Waals surface area contributed by atoms with Gasteiger partial charge in [-0.25, -0.2) is 0 Å². The predicted molar refractivity (Wildman–Crippen MR) is 68.8 cm³/mol. The van der Waals surface area contributed by atoms with Crippen LogP contribution in [-0.2, 0) is 12.6 Å². The van der Waals surface area contributed by atoms with Crippen LogP contribution >= 0.6 is 22.9 Å². The van der Waals surface area contributed by atoms with Crippen LogP contribution in [0.4, 0.5) is 13.2 Å². The lowest BCUT2D eigenvalue weighted by molar-refractivity contribution is -0.137. The molecule has 0 radical (unpaired) electrons. The van der Waals surface area contributed by atoms with E-state index >= 15 is 0 Å². The molecule has 0 bridgehead atoms. The van der Waals surface area contributed by atoms with Gasteiger partial charge < -0.3 is 0 Å². The van der Waals surface area contributed by atoms with Gasteiger partial charge in [-0.05, 0) is 24.3 Å². The second-order valence-electron chi connectivity index (χ2n) is 3.88. The number of carbonyl (C=O) groups is 1. The largest absolute Gasteiger partial charge is 0.416 e. The molecular weight excluding hydrogens is 297 g/mol. The van der Waals surface area contributed by atoms with Crippen molar-refractivity contribution in [1.82, 2.24) is 0 Å². The fourth-order valence-corrected chi connectivity index (χ4v) is 2.66. The molecule has 0 fully saturated rings. The second-order valence-corrected chi connectivity index (χ2v) is 5.68. The van der Waals surface area contributed by atoms with E-state index < -0.39 is 11.7 Å². The van der Waals surface area contributed by atoms with Crippen LogP contribution < -0.4 is 0 Å². The van der Waals surface area contributed by atoms with E-state index in [1.807, 2.05) is 0 Å². The van der Waals surface area contributed by atoms with Gasteiger partial charge in [0.05, 0.1) is 9.90 Å². The molecule has 0 aliphatic rings. The highest BCUT2D eigenvalue weighted by atomic mass is 35.5. The summed E-state index contributed by atoms with van der Waals surface area (Å²) >= 11 is 6.98. The standard InChI is InChI=1S/C13H8ClF3OS/c14-12-5-4-10(19-12)7-11(18)8-2-1-3-9(6-8)13(15,16)17/h1-6H,7H2. The van der Waals surface area contributed by atoms with Crippen molar-refractivity contribution in [1.29, 1.82) is 0 Å². The molecule has 1 heterocycles. The zero-order valence-electron chi connectivity index (χ0n) is 9.50. The van der Waals surface area contributed by atoms with Gasteiger partial charge in [-0.2, -0.15) is 13.2 Å². The Bertz CT molecular complexity index is 604. The Hall–Kier alpha value is -1.33. The summed E-state index contributed by atoms with van der Waals surface area (Å²) in [6.45, 7) is 0. The average Bonchev–Trinajstić information content (AvgIpc) is 2.74. The minimum absolute atomic E-state index is 0.0543. The lowest BCUT2D eigenvalue weighted by atomic mass is 10.0. The molecular formula is C13H8ClF3OS. The Morgan fingerprint density at radius 2 is 1.95 bits per heavy atom. The summed E-state index contributed by atoms with van der Waals surface area (Å²) in [4.78, 5) is 12.6. The van der Waals surface area contributed by atoms with Crippen LogP contribution in [0.3, 0.4) is 0 Å². The quantitative estimate of drug-likeness (QED) is 0.741. The van der Waals surface area contributed by atoms with Crippen molar-refractivity contribution in [3.8, 4) is 0 Å². The molecule has 1 nitrogen and oxygen atoms in total. The van der Waals surface area contributed by atoms with Crippen LogP contribution in [0.15, 0.2) is 36.4 Å². The van der Waals surface area contributed by atoms with Gasteiger partial charge in [0, 0.05) is 16.9 Å². The van der Waals surface area contributed by atoms with Crippen molar-refractivity contribution in [3.05, 3.63) is 56.7 Å². The molecule has 0 atom stereocenters. The first-order valence-corrected chi connectivity index (χ1v) is 6.50. The number of thiophene rings is 1. The summed E-state index contributed by atoms with van der Waals surface area (Å²) in [6, 6.07) is 7.78. The van der Waals surface area contributed by atoms with Crippen molar-refractivity contribution < 1.29 is 18.0 Å². The fraction of sp³-hybridized carbons (Fsp3) is 0.154. The van der Waals surface area contributed by atoms with Gasteiger partial charge >= 0.3 is 6.18 Å². The number of Topliss-reactive ketones (excluding diaryl/α,β-unsaturated/α-hetero) is 1. The van der Waals surface area contributed by atoms with Crippen LogP contribution in [0.1, 0.15) is 20.8 Å². The monoisotopic (exact) mass is 304 g/mol. The smallest absolute Gasteiger partial charge is 0.294 e. The highest BCUT2D eigenvalue weighted by Crippen LogP contribution is 2.30. The lowest BCUT2D eigenvalue weighted by Gasteiger charge is -2.07. The molecule has 100 valence electrons. The first kappa shape index (κ1) is 14.1. The van der Waals surface area contributed by atoms with Crippen LogP contribution in [0.5, 0.6) is 0 Å². The minimum atomic E-state index is -4.44. The number of halogens is 4. The normalized spacial score (nSPS) is 11.6. The van der Waals surface area contributed by atoms with Crippen molar-refractivity contribution >= 4 is 28.7 Å². The Morgan fingerprint density at radius 1 is 1.21 bits per heavy atom. The molecule has 0 saturated heterocycles. The third-order valence-electron chi connectivity index (χ3n) is 2.48. The summed E-state index contributed by atoms with van der Waals surface area (Å²) in [7, 11) is 0. The molecule has 1 aromatic heterocycles. The van der Waals surface area contributed by atoms with Crippen molar-refractivity contribution in [3.63, 3.8) is 0 Å². The average molecular weight is 305 g/mol. The maximum atomic E-state index is 12.5. The Kier molecular flexibility index (Phi) is 3.96. The number of alkyl halides is 3. The molecule has 2 aromatic rings. The van der Waals surface area contributed by atoms with E-state index in [2.05, 4.69) is 0 Å². The highest BCUT2D eigenvalue weighted by molar-refractivity contribution is 7.16. The molecule has 0 amide bonds. The van der Waals surface area contributed by atoms with Crippen LogP contribution in [-0.4, -0.2) is 5.78 Å². The maximum absolute atomic E-state index is 12.5. The number of carbonyl (C=O) groups excluding carboxylic acids is 1. The topological polar surface area (TPSA) is 17.1 Å². The van der Waals surface area contributed by atoms with E-state index in [4.69, 9.17) is 11.6 Å². The van der Waals surface area contributed by atoms with E-state index in [0.717, 1.165) is 17.0 Å². The number of ketones is 1. The summed E-state index contributed by atoms with van der Waals surface area (Å²) in [6.07, 6.45) is -4.39. The maximum Gasteiger partial charge on any atom is 0.416 e. The molecule has 2 rings (SSSR count). The molecule has 6 heteroatoms. The van der Waals surface area contributed by atoms with Gasteiger partial charge in [0.25, 0.3) is 0 Å². The summed E-state index contributed by atoms with van der Waals surface area (Å²) in [5.74, 6) is -0.357. The molecule has 0 aliphatic carbocycles. The summed E-state index contributed by atoms with van der Waals surface area (Å²) < 4.78 is 38.2. The molecule has 0 unspecified atom stereocenters. The number of hydrogen-bond acceptors (Lipinski definition) is 2. The van der Waals surface area contributed by atoms with E-state index in [0.29, 0.717) is 4.34 Å².